The molecule has 2 heterocycles. The Labute approximate surface area is 160 Å². The van der Waals surface area contributed by atoms with E-state index in [4.69, 9.17) is 5.73 Å². The van der Waals surface area contributed by atoms with Crippen molar-refractivity contribution in [3.05, 3.63) is 71.8 Å². The van der Waals surface area contributed by atoms with Crippen molar-refractivity contribution in [2.24, 2.45) is 11.7 Å². The van der Waals surface area contributed by atoms with E-state index in [0.717, 1.165) is 19.5 Å². The monoisotopic (exact) mass is 364 g/mol. The lowest BCUT2D eigenvalue weighted by molar-refractivity contribution is -0.134. The molecule has 5 heteroatoms. The number of carbonyl (C=O) groups is 1. The Kier molecular flexibility index (Phi) is 5.25. The molecule has 4 N–H and O–H groups in total. The lowest BCUT2D eigenvalue weighted by Gasteiger charge is -2.39. The second kappa shape index (κ2) is 7.80. The molecule has 1 amide bonds. The first-order chi connectivity index (χ1) is 13.1. The number of piperidine rings is 1. The maximum atomic E-state index is 12.5. The average molecular weight is 364 g/mol. The van der Waals surface area contributed by atoms with Crippen LogP contribution < -0.4 is 16.6 Å². The highest BCUT2D eigenvalue weighted by molar-refractivity contribution is 5.81. The van der Waals surface area contributed by atoms with Gasteiger partial charge in [0.2, 0.25) is 5.91 Å². The second-order valence-electron chi connectivity index (χ2n) is 7.75. The second-order valence-corrected chi connectivity index (χ2v) is 7.75. The minimum Gasteiger partial charge on any atom is -0.341 e. The number of nitrogens with two attached hydrogens (primary N) is 1. The van der Waals surface area contributed by atoms with Crippen LogP contribution in [-0.2, 0) is 4.79 Å². The zero-order chi connectivity index (χ0) is 18.8. The highest BCUT2D eigenvalue weighted by Crippen LogP contribution is 2.37. The minimum absolute atomic E-state index is 0.0510. The van der Waals surface area contributed by atoms with Gasteiger partial charge in [-0.25, -0.2) is 0 Å². The van der Waals surface area contributed by atoms with Gasteiger partial charge in [-0.15, -0.1) is 0 Å². The molecule has 2 fully saturated rings. The van der Waals surface area contributed by atoms with Crippen LogP contribution in [-0.4, -0.2) is 42.0 Å². The van der Waals surface area contributed by atoms with E-state index >= 15 is 0 Å². The number of likely N-dealkylation sites (tertiary alicyclic amines) is 1. The summed E-state index contributed by atoms with van der Waals surface area (Å²) in [6.45, 7) is 3.28. The number of carbonyl (C=O) groups excluding carboxylic acids is 1. The third kappa shape index (κ3) is 3.63. The molecule has 0 aromatic heterocycles. The zero-order valence-electron chi connectivity index (χ0n) is 15.7. The lowest BCUT2D eigenvalue weighted by Crippen LogP contribution is -2.52. The molecule has 4 atom stereocenters. The highest BCUT2D eigenvalue weighted by Gasteiger charge is 2.45. The summed E-state index contributed by atoms with van der Waals surface area (Å²) < 4.78 is 0. The Morgan fingerprint density at radius 1 is 1.04 bits per heavy atom. The van der Waals surface area contributed by atoms with Crippen molar-refractivity contribution in [3.63, 3.8) is 0 Å². The SMILES string of the molecule is C[C@@H](N)C(=O)N1CCC2NNC(C(c3ccccc3)c3ccccc3)C2C1. The van der Waals surface area contributed by atoms with Gasteiger partial charge in [-0.05, 0) is 24.5 Å². The summed E-state index contributed by atoms with van der Waals surface area (Å²) in [5.74, 6) is 0.613. The van der Waals surface area contributed by atoms with Crippen LogP contribution in [0.5, 0.6) is 0 Å². The minimum atomic E-state index is -0.443. The van der Waals surface area contributed by atoms with Gasteiger partial charge < -0.3 is 10.6 Å². The number of rotatable bonds is 4. The summed E-state index contributed by atoms with van der Waals surface area (Å²) in [5.41, 5.74) is 15.5. The Bertz CT molecular complexity index is 725. The number of benzene rings is 2. The molecule has 142 valence electrons. The number of hydrogen-bond acceptors (Lipinski definition) is 4. The maximum absolute atomic E-state index is 12.5. The van der Waals surface area contributed by atoms with Crippen molar-refractivity contribution in [2.75, 3.05) is 13.1 Å². The number of hydrazine groups is 1. The van der Waals surface area contributed by atoms with Gasteiger partial charge >= 0.3 is 0 Å². The molecule has 0 saturated carbocycles. The van der Waals surface area contributed by atoms with Crippen LogP contribution in [0.25, 0.3) is 0 Å². The van der Waals surface area contributed by atoms with Crippen LogP contribution in [0.1, 0.15) is 30.4 Å². The predicted molar refractivity (Wildman–Crippen MR) is 107 cm³/mol. The van der Waals surface area contributed by atoms with Gasteiger partial charge in [-0.1, -0.05) is 60.7 Å². The molecule has 0 aliphatic carbocycles. The van der Waals surface area contributed by atoms with Crippen LogP contribution in [0.4, 0.5) is 0 Å². The van der Waals surface area contributed by atoms with Gasteiger partial charge in [0, 0.05) is 37.0 Å². The Hall–Kier alpha value is -2.21. The van der Waals surface area contributed by atoms with Gasteiger partial charge in [-0.3, -0.25) is 15.6 Å². The van der Waals surface area contributed by atoms with Gasteiger partial charge in [0.15, 0.2) is 0 Å². The van der Waals surface area contributed by atoms with Crippen LogP contribution in [0.2, 0.25) is 0 Å². The van der Waals surface area contributed by atoms with Crippen molar-refractivity contribution in [3.8, 4) is 0 Å². The van der Waals surface area contributed by atoms with Gasteiger partial charge in [0.05, 0.1) is 6.04 Å². The molecule has 2 saturated heterocycles. The largest absolute Gasteiger partial charge is 0.341 e. The van der Waals surface area contributed by atoms with Crippen LogP contribution in [0.15, 0.2) is 60.7 Å². The number of nitrogens with zero attached hydrogens (tertiary/aromatic N) is 1. The molecule has 2 aliphatic heterocycles. The highest BCUT2D eigenvalue weighted by atomic mass is 16.2. The summed E-state index contributed by atoms with van der Waals surface area (Å²) in [7, 11) is 0. The van der Waals surface area contributed by atoms with Gasteiger partial charge in [-0.2, -0.15) is 0 Å². The lowest BCUT2D eigenvalue weighted by atomic mass is 9.76. The van der Waals surface area contributed by atoms with E-state index in [1.54, 1.807) is 6.92 Å². The first-order valence-corrected chi connectivity index (χ1v) is 9.80. The smallest absolute Gasteiger partial charge is 0.239 e. The van der Waals surface area contributed by atoms with Gasteiger partial charge in [0.1, 0.15) is 0 Å². The van der Waals surface area contributed by atoms with Crippen molar-refractivity contribution >= 4 is 5.91 Å². The first-order valence-electron chi connectivity index (χ1n) is 9.80. The number of amides is 1. The molecule has 5 nitrogen and oxygen atoms in total. The van der Waals surface area contributed by atoms with E-state index in [1.165, 1.54) is 11.1 Å². The standard InChI is InChI=1S/C22H28N4O/c1-15(23)22(27)26-13-12-19-18(14-26)21(25-24-19)20(16-8-4-2-5-9-16)17-10-6-3-7-11-17/h2-11,15,18-21,24-25H,12-14,23H2,1H3/t15-,18?,19?,21?/m1/s1. The van der Waals surface area contributed by atoms with Crippen LogP contribution in [0.3, 0.4) is 0 Å². The van der Waals surface area contributed by atoms with E-state index < -0.39 is 6.04 Å². The number of fused-ring (bicyclic) bond motifs is 1. The van der Waals surface area contributed by atoms with E-state index in [2.05, 4.69) is 71.5 Å². The van der Waals surface area contributed by atoms with Gasteiger partial charge in [0.25, 0.3) is 0 Å². The number of nitrogens with one attached hydrogen (secondary N) is 2. The van der Waals surface area contributed by atoms with Crippen molar-refractivity contribution in [1.29, 1.82) is 0 Å². The molecule has 27 heavy (non-hydrogen) atoms. The van der Waals surface area contributed by atoms with E-state index in [9.17, 15) is 4.79 Å². The number of hydrogen-bond donors (Lipinski definition) is 3. The zero-order valence-corrected chi connectivity index (χ0v) is 15.7. The fourth-order valence-electron chi connectivity index (χ4n) is 4.58. The average Bonchev–Trinajstić information content (AvgIpc) is 3.12. The first kappa shape index (κ1) is 18.2. The fourth-order valence-corrected chi connectivity index (χ4v) is 4.58. The molecular formula is C22H28N4O. The molecule has 2 aliphatic rings. The molecule has 0 bridgehead atoms. The molecule has 0 radical (unpaired) electrons. The summed E-state index contributed by atoms with van der Waals surface area (Å²) in [6, 6.07) is 21.4. The third-order valence-electron chi connectivity index (χ3n) is 5.93. The molecule has 4 rings (SSSR count). The van der Waals surface area contributed by atoms with E-state index in [1.807, 2.05) is 4.90 Å². The summed E-state index contributed by atoms with van der Waals surface area (Å²) >= 11 is 0. The van der Waals surface area contributed by atoms with Crippen LogP contribution in [0, 0.1) is 5.92 Å². The topological polar surface area (TPSA) is 70.4 Å². The van der Waals surface area contributed by atoms with Crippen molar-refractivity contribution in [1.82, 2.24) is 15.8 Å². The van der Waals surface area contributed by atoms with Crippen molar-refractivity contribution in [2.45, 2.75) is 37.4 Å². The fraction of sp³-hybridized carbons (Fsp3) is 0.409. The van der Waals surface area contributed by atoms with E-state index in [-0.39, 0.29) is 17.9 Å². The molecule has 2 aromatic carbocycles. The maximum Gasteiger partial charge on any atom is 0.239 e. The summed E-state index contributed by atoms with van der Waals surface area (Å²) in [5, 5.41) is 0. The van der Waals surface area contributed by atoms with Crippen molar-refractivity contribution < 1.29 is 4.79 Å². The molecule has 3 unspecified atom stereocenters. The third-order valence-corrected chi connectivity index (χ3v) is 5.93. The van der Waals surface area contributed by atoms with Crippen LogP contribution >= 0.6 is 0 Å². The Morgan fingerprint density at radius 3 is 2.19 bits per heavy atom. The molecule has 0 spiro atoms. The molecular weight excluding hydrogens is 336 g/mol. The predicted octanol–water partition coefficient (Wildman–Crippen LogP) is 1.86. The summed E-state index contributed by atoms with van der Waals surface area (Å²) in [4.78, 5) is 14.4. The van der Waals surface area contributed by atoms with E-state index in [0.29, 0.717) is 12.0 Å². The molecule has 2 aromatic rings. The Morgan fingerprint density at radius 2 is 1.63 bits per heavy atom. The summed E-state index contributed by atoms with van der Waals surface area (Å²) in [6.07, 6.45) is 0.947. The Balaban J connectivity index is 1.65. The normalized spacial score (nSPS) is 26.0. The quantitative estimate of drug-likeness (QED) is 0.774.